The van der Waals surface area contributed by atoms with Crippen LogP contribution in [0.1, 0.15) is 31.2 Å². The Bertz CT molecular complexity index is 365. The summed E-state index contributed by atoms with van der Waals surface area (Å²) in [7, 11) is 0. The molecule has 4 nitrogen and oxygen atoms in total. The van der Waals surface area contributed by atoms with Crippen molar-refractivity contribution in [2.24, 2.45) is 11.7 Å². The van der Waals surface area contributed by atoms with Crippen LogP contribution in [-0.4, -0.2) is 17.4 Å². The third-order valence-corrected chi connectivity index (χ3v) is 2.68. The van der Waals surface area contributed by atoms with E-state index in [2.05, 4.69) is 17.2 Å². The summed E-state index contributed by atoms with van der Waals surface area (Å²) in [5.74, 6) is 0.464. The highest BCUT2D eigenvalue weighted by Gasteiger charge is 2.05. The minimum absolute atomic E-state index is 0.0635. The van der Waals surface area contributed by atoms with Crippen LogP contribution in [0.5, 0.6) is 0 Å². The van der Waals surface area contributed by atoms with Crippen LogP contribution >= 0.6 is 0 Å². The first-order valence-corrected chi connectivity index (χ1v) is 6.01. The second-order valence-electron chi connectivity index (χ2n) is 4.43. The minimum atomic E-state index is 0.0635. The smallest absolute Gasteiger partial charge is 0.220 e. The first-order valence-electron chi connectivity index (χ1n) is 6.01. The van der Waals surface area contributed by atoms with Crippen LogP contribution in [0.4, 0.5) is 0 Å². The lowest BCUT2D eigenvalue weighted by molar-refractivity contribution is -0.121. The van der Waals surface area contributed by atoms with Crippen LogP contribution < -0.4 is 11.1 Å². The van der Waals surface area contributed by atoms with E-state index in [0.29, 0.717) is 25.4 Å². The van der Waals surface area contributed by atoms with Crippen molar-refractivity contribution in [3.63, 3.8) is 0 Å². The first kappa shape index (κ1) is 13.6. The number of hydrogen-bond acceptors (Lipinski definition) is 3. The van der Waals surface area contributed by atoms with Gasteiger partial charge in [0.2, 0.25) is 5.91 Å². The third kappa shape index (κ3) is 5.45. The Morgan fingerprint density at radius 1 is 1.53 bits per heavy atom. The Morgan fingerprint density at radius 3 is 2.94 bits per heavy atom. The molecule has 1 heterocycles. The molecule has 0 aromatic carbocycles. The number of nitrogens with zero attached hydrogens (tertiary/aromatic N) is 1. The molecule has 1 rings (SSSR count). The highest BCUT2D eigenvalue weighted by Crippen LogP contribution is 2.03. The standard InChI is InChI=1S/C13H21N3O/c1-10(8-14)6-7-13(17)15-9-12-5-3-4-11(2)16-12/h3-5,10H,6-9,14H2,1-2H3,(H,15,17). The monoisotopic (exact) mass is 235 g/mol. The highest BCUT2D eigenvalue weighted by atomic mass is 16.1. The van der Waals surface area contributed by atoms with Crippen LogP contribution in [0.25, 0.3) is 0 Å². The Hall–Kier alpha value is -1.42. The van der Waals surface area contributed by atoms with Crippen molar-refractivity contribution in [1.29, 1.82) is 0 Å². The molecule has 0 saturated heterocycles. The van der Waals surface area contributed by atoms with E-state index in [1.807, 2.05) is 25.1 Å². The van der Waals surface area contributed by atoms with Gasteiger partial charge >= 0.3 is 0 Å². The van der Waals surface area contributed by atoms with E-state index in [1.165, 1.54) is 0 Å². The SMILES string of the molecule is Cc1cccc(CNC(=O)CCC(C)CN)n1. The lowest BCUT2D eigenvalue weighted by Gasteiger charge is -2.08. The fourth-order valence-corrected chi connectivity index (χ4v) is 1.47. The summed E-state index contributed by atoms with van der Waals surface area (Å²) in [6, 6.07) is 5.80. The molecule has 17 heavy (non-hydrogen) atoms. The van der Waals surface area contributed by atoms with Crippen LogP contribution in [0.3, 0.4) is 0 Å². The van der Waals surface area contributed by atoms with Gasteiger partial charge in [-0.1, -0.05) is 13.0 Å². The van der Waals surface area contributed by atoms with E-state index >= 15 is 0 Å². The lowest BCUT2D eigenvalue weighted by atomic mass is 10.1. The quantitative estimate of drug-likeness (QED) is 0.782. The number of rotatable bonds is 6. The maximum atomic E-state index is 11.5. The maximum Gasteiger partial charge on any atom is 0.220 e. The fourth-order valence-electron chi connectivity index (χ4n) is 1.47. The predicted octanol–water partition coefficient (Wildman–Crippen LogP) is 1.38. The van der Waals surface area contributed by atoms with Gasteiger partial charge in [0.25, 0.3) is 0 Å². The van der Waals surface area contributed by atoms with E-state index < -0.39 is 0 Å². The summed E-state index contributed by atoms with van der Waals surface area (Å²) < 4.78 is 0. The molecule has 0 radical (unpaired) electrons. The van der Waals surface area contributed by atoms with Crippen molar-refractivity contribution in [3.8, 4) is 0 Å². The minimum Gasteiger partial charge on any atom is -0.350 e. The molecule has 0 spiro atoms. The van der Waals surface area contributed by atoms with Crippen LogP contribution in [0.15, 0.2) is 18.2 Å². The van der Waals surface area contributed by atoms with E-state index in [-0.39, 0.29) is 5.91 Å². The van der Waals surface area contributed by atoms with Crippen molar-refractivity contribution in [3.05, 3.63) is 29.6 Å². The predicted molar refractivity (Wildman–Crippen MR) is 68.3 cm³/mol. The Kier molecular flexibility index (Phi) is 5.63. The zero-order valence-corrected chi connectivity index (χ0v) is 10.6. The van der Waals surface area contributed by atoms with Gasteiger partial charge < -0.3 is 11.1 Å². The number of amides is 1. The van der Waals surface area contributed by atoms with Crippen LogP contribution in [-0.2, 0) is 11.3 Å². The molecule has 0 saturated carbocycles. The average molecular weight is 235 g/mol. The molecule has 0 aliphatic carbocycles. The first-order chi connectivity index (χ1) is 8.11. The number of pyridine rings is 1. The summed E-state index contributed by atoms with van der Waals surface area (Å²) in [5, 5.41) is 2.86. The van der Waals surface area contributed by atoms with Crippen molar-refractivity contribution in [2.75, 3.05) is 6.54 Å². The summed E-state index contributed by atoms with van der Waals surface area (Å²) in [6.45, 7) is 5.12. The topological polar surface area (TPSA) is 68.0 Å². The van der Waals surface area contributed by atoms with Crippen molar-refractivity contribution in [1.82, 2.24) is 10.3 Å². The van der Waals surface area contributed by atoms with Gasteiger partial charge in [-0.25, -0.2) is 0 Å². The van der Waals surface area contributed by atoms with Crippen molar-refractivity contribution in [2.45, 2.75) is 33.2 Å². The zero-order valence-electron chi connectivity index (χ0n) is 10.6. The molecular weight excluding hydrogens is 214 g/mol. The van der Waals surface area contributed by atoms with E-state index in [0.717, 1.165) is 17.8 Å². The van der Waals surface area contributed by atoms with Gasteiger partial charge in [0, 0.05) is 12.1 Å². The molecule has 94 valence electrons. The Balaban J connectivity index is 2.28. The van der Waals surface area contributed by atoms with Gasteiger partial charge in [-0.3, -0.25) is 9.78 Å². The molecule has 1 aromatic heterocycles. The number of nitrogens with two attached hydrogens (primary N) is 1. The fraction of sp³-hybridized carbons (Fsp3) is 0.538. The van der Waals surface area contributed by atoms with Gasteiger partial charge in [0.05, 0.1) is 12.2 Å². The summed E-state index contributed by atoms with van der Waals surface area (Å²) in [5.41, 5.74) is 7.36. The van der Waals surface area contributed by atoms with E-state index in [1.54, 1.807) is 0 Å². The Labute approximate surface area is 103 Å². The maximum absolute atomic E-state index is 11.5. The molecule has 0 aliphatic heterocycles. The average Bonchev–Trinajstić information content (AvgIpc) is 2.33. The van der Waals surface area contributed by atoms with Gasteiger partial charge in [-0.2, -0.15) is 0 Å². The molecule has 0 fully saturated rings. The van der Waals surface area contributed by atoms with Crippen LogP contribution in [0.2, 0.25) is 0 Å². The van der Waals surface area contributed by atoms with Gasteiger partial charge in [-0.05, 0) is 37.9 Å². The molecule has 3 N–H and O–H groups in total. The van der Waals surface area contributed by atoms with Crippen molar-refractivity contribution < 1.29 is 4.79 Å². The Morgan fingerprint density at radius 2 is 2.29 bits per heavy atom. The number of aromatic nitrogens is 1. The number of aryl methyl sites for hydroxylation is 1. The molecule has 4 heteroatoms. The number of carbonyl (C=O) groups excluding carboxylic acids is 1. The largest absolute Gasteiger partial charge is 0.350 e. The normalized spacial score (nSPS) is 12.2. The summed E-state index contributed by atoms with van der Waals surface area (Å²) >= 11 is 0. The second kappa shape index (κ2) is 7.01. The third-order valence-electron chi connectivity index (χ3n) is 2.68. The summed E-state index contributed by atoms with van der Waals surface area (Å²) in [4.78, 5) is 15.9. The number of hydrogen-bond donors (Lipinski definition) is 2. The molecular formula is C13H21N3O. The molecule has 1 aromatic rings. The van der Waals surface area contributed by atoms with Crippen molar-refractivity contribution >= 4 is 5.91 Å². The summed E-state index contributed by atoms with van der Waals surface area (Å²) in [6.07, 6.45) is 1.37. The van der Waals surface area contributed by atoms with Crippen LogP contribution in [0, 0.1) is 12.8 Å². The second-order valence-corrected chi connectivity index (χ2v) is 4.43. The highest BCUT2D eigenvalue weighted by molar-refractivity contribution is 5.75. The molecule has 0 aliphatic rings. The molecule has 0 bridgehead atoms. The van der Waals surface area contributed by atoms with Gasteiger partial charge in [0.1, 0.15) is 0 Å². The lowest BCUT2D eigenvalue weighted by Crippen LogP contribution is -2.24. The van der Waals surface area contributed by atoms with E-state index in [9.17, 15) is 4.79 Å². The zero-order chi connectivity index (χ0) is 12.7. The molecule has 1 atom stereocenters. The number of carbonyl (C=O) groups is 1. The molecule has 1 amide bonds. The van der Waals surface area contributed by atoms with Gasteiger partial charge in [-0.15, -0.1) is 0 Å². The van der Waals surface area contributed by atoms with E-state index in [4.69, 9.17) is 5.73 Å². The number of nitrogens with one attached hydrogen (secondary N) is 1. The van der Waals surface area contributed by atoms with Gasteiger partial charge in [0.15, 0.2) is 0 Å². The molecule has 1 unspecified atom stereocenters.